The summed E-state index contributed by atoms with van der Waals surface area (Å²) in [4.78, 5) is 11.7. The molecule has 3 N–H and O–H groups in total. The number of aromatic hydroxyl groups is 1. The van der Waals surface area contributed by atoms with Gasteiger partial charge >= 0.3 is 5.97 Å². The molecule has 0 radical (unpaired) electrons. The molecule has 0 aliphatic heterocycles. The van der Waals surface area contributed by atoms with E-state index in [0.29, 0.717) is 11.1 Å². The molecule has 0 amide bonds. The van der Waals surface area contributed by atoms with E-state index in [-0.39, 0.29) is 29.4 Å². The van der Waals surface area contributed by atoms with Crippen LogP contribution in [0.1, 0.15) is 17.3 Å². The van der Waals surface area contributed by atoms with Crippen LogP contribution in [0.4, 0.5) is 10.1 Å². The number of benzene rings is 2. The summed E-state index contributed by atoms with van der Waals surface area (Å²) < 4.78 is 17.8. The van der Waals surface area contributed by atoms with Crippen LogP contribution in [0, 0.1) is 5.82 Å². The number of nitrogen functional groups attached to an aromatic ring is 1. The largest absolute Gasteiger partial charge is 0.506 e. The van der Waals surface area contributed by atoms with E-state index in [4.69, 9.17) is 10.5 Å². The second kappa shape index (κ2) is 5.61. The number of phenols is 1. The molecule has 0 bridgehead atoms. The molecule has 2 aromatic carbocycles. The van der Waals surface area contributed by atoms with Crippen LogP contribution in [0.25, 0.3) is 11.1 Å². The van der Waals surface area contributed by atoms with Crippen molar-refractivity contribution in [3.05, 3.63) is 47.8 Å². The summed E-state index contributed by atoms with van der Waals surface area (Å²) in [6.45, 7) is 1.92. The van der Waals surface area contributed by atoms with Gasteiger partial charge in [0.05, 0.1) is 17.9 Å². The first-order valence-electron chi connectivity index (χ1n) is 6.08. The zero-order chi connectivity index (χ0) is 14.7. The van der Waals surface area contributed by atoms with Gasteiger partial charge in [0.25, 0.3) is 0 Å². The Morgan fingerprint density at radius 2 is 1.95 bits per heavy atom. The third-order valence-electron chi connectivity index (χ3n) is 2.82. The van der Waals surface area contributed by atoms with Gasteiger partial charge in [-0.2, -0.15) is 0 Å². The molecule has 0 atom stereocenters. The first-order valence-corrected chi connectivity index (χ1v) is 6.08. The zero-order valence-corrected chi connectivity index (χ0v) is 10.9. The summed E-state index contributed by atoms with van der Waals surface area (Å²) in [5, 5.41) is 9.81. The number of esters is 1. The van der Waals surface area contributed by atoms with Crippen molar-refractivity contribution in [2.45, 2.75) is 6.92 Å². The van der Waals surface area contributed by atoms with Crippen molar-refractivity contribution in [3.63, 3.8) is 0 Å². The van der Waals surface area contributed by atoms with Crippen LogP contribution in [0.15, 0.2) is 36.4 Å². The number of rotatable bonds is 3. The first-order chi connectivity index (χ1) is 9.52. The lowest BCUT2D eigenvalue weighted by molar-refractivity contribution is 0.0526. The summed E-state index contributed by atoms with van der Waals surface area (Å²) in [6.07, 6.45) is 0. The molecule has 20 heavy (non-hydrogen) atoms. The van der Waals surface area contributed by atoms with Crippen LogP contribution in [0.3, 0.4) is 0 Å². The lowest BCUT2D eigenvalue weighted by atomic mass is 10.0. The minimum atomic E-state index is -0.550. The average molecular weight is 275 g/mol. The van der Waals surface area contributed by atoms with Crippen LogP contribution >= 0.6 is 0 Å². The lowest BCUT2D eigenvalue weighted by Crippen LogP contribution is -2.05. The van der Waals surface area contributed by atoms with Gasteiger partial charge in [-0.1, -0.05) is 12.1 Å². The quantitative estimate of drug-likeness (QED) is 0.513. The molecule has 0 fully saturated rings. The molecule has 0 aromatic heterocycles. The maximum absolute atomic E-state index is 12.9. The molecule has 0 heterocycles. The van der Waals surface area contributed by atoms with Gasteiger partial charge in [0.2, 0.25) is 0 Å². The van der Waals surface area contributed by atoms with E-state index in [9.17, 15) is 14.3 Å². The minimum Gasteiger partial charge on any atom is -0.506 e. The van der Waals surface area contributed by atoms with Crippen molar-refractivity contribution >= 4 is 11.7 Å². The number of ether oxygens (including phenoxy) is 1. The van der Waals surface area contributed by atoms with Crippen LogP contribution in [0.5, 0.6) is 5.75 Å². The molecule has 0 unspecified atom stereocenters. The SMILES string of the molecule is CCOC(=O)c1cc(O)c(N)c(-c2ccc(F)cc2)c1. The highest BCUT2D eigenvalue weighted by Crippen LogP contribution is 2.34. The molecule has 5 heteroatoms. The van der Waals surface area contributed by atoms with Crippen molar-refractivity contribution in [1.29, 1.82) is 0 Å². The summed E-state index contributed by atoms with van der Waals surface area (Å²) >= 11 is 0. The predicted molar refractivity (Wildman–Crippen MR) is 73.9 cm³/mol. The summed E-state index contributed by atoms with van der Waals surface area (Å²) in [7, 11) is 0. The van der Waals surface area contributed by atoms with E-state index in [1.54, 1.807) is 6.92 Å². The molecule has 0 saturated heterocycles. The molecule has 2 aromatic rings. The monoisotopic (exact) mass is 275 g/mol. The van der Waals surface area contributed by atoms with Crippen LogP contribution in [0.2, 0.25) is 0 Å². The highest BCUT2D eigenvalue weighted by atomic mass is 19.1. The minimum absolute atomic E-state index is 0.129. The van der Waals surface area contributed by atoms with Gasteiger partial charge in [-0.05, 0) is 36.8 Å². The van der Waals surface area contributed by atoms with Gasteiger partial charge in [0.1, 0.15) is 11.6 Å². The van der Waals surface area contributed by atoms with Gasteiger partial charge in [-0.15, -0.1) is 0 Å². The first kappa shape index (κ1) is 13.9. The number of carbonyl (C=O) groups excluding carboxylic acids is 1. The number of carbonyl (C=O) groups is 1. The van der Waals surface area contributed by atoms with Crippen molar-refractivity contribution in [1.82, 2.24) is 0 Å². The molecular formula is C15H14FNO3. The second-order valence-corrected chi connectivity index (χ2v) is 4.18. The van der Waals surface area contributed by atoms with E-state index in [0.717, 1.165) is 0 Å². The topological polar surface area (TPSA) is 72.5 Å². The number of phenolic OH excluding ortho intramolecular Hbond substituents is 1. The van der Waals surface area contributed by atoms with Crippen LogP contribution < -0.4 is 5.73 Å². The highest BCUT2D eigenvalue weighted by Gasteiger charge is 2.14. The van der Waals surface area contributed by atoms with Crippen molar-refractivity contribution in [3.8, 4) is 16.9 Å². The summed E-state index contributed by atoms with van der Waals surface area (Å²) in [5.41, 5.74) is 7.18. The average Bonchev–Trinajstić information content (AvgIpc) is 2.43. The Kier molecular flexibility index (Phi) is 3.89. The maximum Gasteiger partial charge on any atom is 0.338 e. The molecule has 104 valence electrons. The fourth-order valence-corrected chi connectivity index (χ4v) is 1.84. The van der Waals surface area contributed by atoms with Crippen LogP contribution in [-0.2, 0) is 4.74 Å². The Morgan fingerprint density at radius 1 is 1.30 bits per heavy atom. The molecule has 0 spiro atoms. The molecule has 0 aliphatic rings. The molecular weight excluding hydrogens is 261 g/mol. The Labute approximate surface area is 115 Å². The lowest BCUT2D eigenvalue weighted by Gasteiger charge is -2.10. The number of halogens is 1. The van der Waals surface area contributed by atoms with E-state index in [1.807, 2.05) is 0 Å². The second-order valence-electron chi connectivity index (χ2n) is 4.18. The van der Waals surface area contributed by atoms with E-state index < -0.39 is 5.97 Å². The number of hydrogen-bond donors (Lipinski definition) is 2. The molecule has 2 rings (SSSR count). The van der Waals surface area contributed by atoms with Gasteiger partial charge in [0, 0.05) is 5.56 Å². The zero-order valence-electron chi connectivity index (χ0n) is 10.9. The number of hydrogen-bond acceptors (Lipinski definition) is 4. The van der Waals surface area contributed by atoms with Crippen molar-refractivity contribution in [2.75, 3.05) is 12.3 Å². The molecule has 4 nitrogen and oxygen atoms in total. The Bertz CT molecular complexity index is 638. The third-order valence-corrected chi connectivity index (χ3v) is 2.82. The van der Waals surface area contributed by atoms with E-state index >= 15 is 0 Å². The Morgan fingerprint density at radius 3 is 2.55 bits per heavy atom. The fourth-order valence-electron chi connectivity index (χ4n) is 1.84. The number of anilines is 1. The third kappa shape index (κ3) is 2.71. The molecule has 0 saturated carbocycles. The van der Waals surface area contributed by atoms with Crippen molar-refractivity contribution < 1.29 is 19.0 Å². The van der Waals surface area contributed by atoms with Crippen LogP contribution in [-0.4, -0.2) is 17.7 Å². The van der Waals surface area contributed by atoms with Gasteiger partial charge in [-0.3, -0.25) is 0 Å². The smallest absolute Gasteiger partial charge is 0.338 e. The highest BCUT2D eigenvalue weighted by molar-refractivity contribution is 5.94. The van der Waals surface area contributed by atoms with Gasteiger partial charge in [-0.25, -0.2) is 9.18 Å². The fraction of sp³-hybridized carbons (Fsp3) is 0.133. The molecule has 0 aliphatic carbocycles. The Balaban J connectivity index is 2.52. The maximum atomic E-state index is 12.9. The van der Waals surface area contributed by atoms with Gasteiger partial charge in [0.15, 0.2) is 0 Å². The normalized spacial score (nSPS) is 10.3. The Hall–Kier alpha value is -2.56. The van der Waals surface area contributed by atoms with Gasteiger partial charge < -0.3 is 15.6 Å². The summed E-state index contributed by atoms with van der Waals surface area (Å²) in [6, 6.07) is 8.37. The standard InChI is InChI=1S/C15H14FNO3/c1-2-20-15(19)10-7-12(14(17)13(18)8-10)9-3-5-11(16)6-4-9/h3-8,18H,2,17H2,1H3. The predicted octanol–water partition coefficient (Wildman–Crippen LogP) is 2.96. The van der Waals surface area contributed by atoms with E-state index in [2.05, 4.69) is 0 Å². The summed E-state index contributed by atoms with van der Waals surface area (Å²) in [5.74, 6) is -1.14. The number of nitrogens with two attached hydrogens (primary N) is 1. The van der Waals surface area contributed by atoms with Crippen molar-refractivity contribution in [2.24, 2.45) is 0 Å². The van der Waals surface area contributed by atoms with E-state index in [1.165, 1.54) is 36.4 Å².